The first-order valence-corrected chi connectivity index (χ1v) is 9.54. The highest BCUT2D eigenvalue weighted by Gasteiger charge is 2.12. The van der Waals surface area contributed by atoms with Crippen LogP contribution in [0.25, 0.3) is 0 Å². The van der Waals surface area contributed by atoms with Gasteiger partial charge in [-0.25, -0.2) is 4.79 Å². The molecule has 0 atom stereocenters. The minimum Gasteiger partial charge on any atom is -0.493 e. The fraction of sp³-hybridized carbons (Fsp3) is 0.238. The van der Waals surface area contributed by atoms with Crippen LogP contribution >= 0.6 is 12.2 Å². The van der Waals surface area contributed by atoms with Crippen LogP contribution in [0.3, 0.4) is 0 Å². The largest absolute Gasteiger partial charge is 0.493 e. The van der Waals surface area contributed by atoms with E-state index in [1.807, 2.05) is 13.8 Å². The van der Waals surface area contributed by atoms with Crippen molar-refractivity contribution in [1.82, 2.24) is 16.2 Å². The van der Waals surface area contributed by atoms with E-state index in [0.29, 0.717) is 23.8 Å². The Hall–Kier alpha value is -3.46. The highest BCUT2D eigenvalue weighted by Crippen LogP contribution is 2.13. The fourth-order valence-corrected chi connectivity index (χ4v) is 2.41. The highest BCUT2D eigenvalue weighted by atomic mass is 32.1. The van der Waals surface area contributed by atoms with Gasteiger partial charge < -0.3 is 9.47 Å². The van der Waals surface area contributed by atoms with E-state index < -0.39 is 17.8 Å². The van der Waals surface area contributed by atoms with E-state index >= 15 is 0 Å². The van der Waals surface area contributed by atoms with Crippen molar-refractivity contribution in [3.8, 4) is 5.75 Å². The minimum atomic E-state index is -0.557. The normalized spacial score (nSPS) is 10.1. The molecule has 2 rings (SSSR count). The summed E-state index contributed by atoms with van der Waals surface area (Å²) in [4.78, 5) is 36.0. The molecule has 0 heterocycles. The maximum absolute atomic E-state index is 12.3. The quantitative estimate of drug-likeness (QED) is 0.368. The van der Waals surface area contributed by atoms with Crippen molar-refractivity contribution < 1.29 is 23.9 Å². The zero-order valence-corrected chi connectivity index (χ0v) is 17.7. The molecular weight excluding hydrogens is 406 g/mol. The molecular formula is C21H23N3O5S. The summed E-state index contributed by atoms with van der Waals surface area (Å²) in [6, 6.07) is 12.6. The summed E-state index contributed by atoms with van der Waals surface area (Å²) in [5, 5.41) is 2.32. The van der Waals surface area contributed by atoms with E-state index in [2.05, 4.69) is 20.9 Å². The minimum absolute atomic E-state index is 0.103. The van der Waals surface area contributed by atoms with E-state index in [1.165, 1.54) is 25.3 Å². The molecule has 0 aliphatic rings. The second-order valence-electron chi connectivity index (χ2n) is 6.66. The van der Waals surface area contributed by atoms with E-state index in [4.69, 9.17) is 17.0 Å². The monoisotopic (exact) mass is 429 g/mol. The molecule has 2 aromatic carbocycles. The number of rotatable bonds is 6. The van der Waals surface area contributed by atoms with E-state index in [0.717, 1.165) is 0 Å². The Labute approximate surface area is 179 Å². The molecule has 0 unspecified atom stereocenters. The van der Waals surface area contributed by atoms with Crippen LogP contribution in [0.1, 0.15) is 44.9 Å². The van der Waals surface area contributed by atoms with Crippen LogP contribution < -0.4 is 20.9 Å². The number of hydrogen-bond acceptors (Lipinski definition) is 6. The summed E-state index contributed by atoms with van der Waals surface area (Å²) >= 11 is 5.02. The smallest absolute Gasteiger partial charge is 0.337 e. The summed E-state index contributed by atoms with van der Waals surface area (Å²) < 4.78 is 10.2. The summed E-state index contributed by atoms with van der Waals surface area (Å²) in [5.74, 6) is -0.464. The molecule has 0 radical (unpaired) electrons. The number of nitrogens with one attached hydrogen (secondary N) is 3. The van der Waals surface area contributed by atoms with Gasteiger partial charge in [0.1, 0.15) is 5.75 Å². The first-order valence-electron chi connectivity index (χ1n) is 9.13. The third-order valence-corrected chi connectivity index (χ3v) is 3.97. The maximum atomic E-state index is 12.3. The first-order chi connectivity index (χ1) is 14.3. The predicted molar refractivity (Wildman–Crippen MR) is 115 cm³/mol. The summed E-state index contributed by atoms with van der Waals surface area (Å²) in [6.07, 6.45) is 0. The average Bonchev–Trinajstić information content (AvgIpc) is 2.75. The second-order valence-corrected chi connectivity index (χ2v) is 7.07. The number of ether oxygens (including phenoxy) is 2. The fourth-order valence-electron chi connectivity index (χ4n) is 2.26. The summed E-state index contributed by atoms with van der Waals surface area (Å²) in [7, 11) is 1.25. The van der Waals surface area contributed by atoms with E-state index in [1.54, 1.807) is 30.3 Å². The Balaban J connectivity index is 1.86. The van der Waals surface area contributed by atoms with E-state index in [-0.39, 0.29) is 16.2 Å². The van der Waals surface area contributed by atoms with Crippen molar-refractivity contribution in [2.75, 3.05) is 13.7 Å². The van der Waals surface area contributed by atoms with Crippen LogP contribution in [0.2, 0.25) is 0 Å². The SMILES string of the molecule is COC(=O)c1cccc(C(=O)NC(=S)NNC(=O)c2ccc(OCC(C)C)cc2)c1. The van der Waals surface area contributed by atoms with Gasteiger partial charge in [-0.15, -0.1) is 0 Å². The van der Waals surface area contributed by atoms with E-state index in [9.17, 15) is 14.4 Å². The molecule has 30 heavy (non-hydrogen) atoms. The van der Waals surface area contributed by atoms with Gasteiger partial charge in [0.25, 0.3) is 11.8 Å². The highest BCUT2D eigenvalue weighted by molar-refractivity contribution is 7.80. The molecule has 0 aliphatic carbocycles. The standard InChI is InChI=1S/C21H23N3O5S/c1-13(2)12-29-17-9-7-14(8-10-17)19(26)23-24-21(30)22-18(25)15-5-4-6-16(11-15)20(27)28-3/h4-11,13H,12H2,1-3H3,(H,23,26)(H2,22,24,25,30). The molecule has 8 nitrogen and oxygen atoms in total. The van der Waals surface area contributed by atoms with Crippen LogP contribution in [0.4, 0.5) is 0 Å². The van der Waals surface area contributed by atoms with Gasteiger partial charge in [-0.05, 0) is 60.6 Å². The molecule has 3 N–H and O–H groups in total. The average molecular weight is 429 g/mol. The molecule has 0 saturated carbocycles. The Morgan fingerprint density at radius 1 is 0.933 bits per heavy atom. The van der Waals surface area contributed by atoms with Crippen LogP contribution in [0, 0.1) is 5.92 Å². The molecule has 2 aromatic rings. The number of methoxy groups -OCH3 is 1. The van der Waals surface area contributed by atoms with Crippen molar-refractivity contribution in [3.05, 3.63) is 65.2 Å². The molecule has 0 bridgehead atoms. The maximum Gasteiger partial charge on any atom is 0.337 e. The summed E-state index contributed by atoms with van der Waals surface area (Å²) in [5.41, 5.74) is 5.70. The molecule has 0 aromatic heterocycles. The van der Waals surface area contributed by atoms with Gasteiger partial charge in [-0.3, -0.25) is 25.8 Å². The molecule has 158 valence electrons. The lowest BCUT2D eigenvalue weighted by Crippen LogP contribution is -2.48. The second kappa shape index (κ2) is 10.9. The molecule has 9 heteroatoms. The Morgan fingerprint density at radius 3 is 2.23 bits per heavy atom. The Kier molecular flexibility index (Phi) is 8.30. The summed E-state index contributed by atoms with van der Waals surface area (Å²) in [6.45, 7) is 4.68. The topological polar surface area (TPSA) is 106 Å². The van der Waals surface area contributed by atoms with Crippen LogP contribution in [-0.4, -0.2) is 36.6 Å². The number of thiocarbonyl (C=S) groups is 1. The number of amides is 2. The molecule has 2 amide bonds. The zero-order chi connectivity index (χ0) is 22.1. The lowest BCUT2D eigenvalue weighted by atomic mass is 10.1. The van der Waals surface area contributed by atoms with Gasteiger partial charge in [0.15, 0.2) is 5.11 Å². The molecule has 0 spiro atoms. The molecule has 0 saturated heterocycles. The van der Waals surface area contributed by atoms with Gasteiger partial charge in [-0.1, -0.05) is 19.9 Å². The van der Waals surface area contributed by atoms with Crippen molar-refractivity contribution in [2.24, 2.45) is 5.92 Å². The van der Waals surface area contributed by atoms with Crippen molar-refractivity contribution >= 4 is 35.1 Å². The lowest BCUT2D eigenvalue weighted by Gasteiger charge is -2.12. The van der Waals surface area contributed by atoms with Crippen LogP contribution in [-0.2, 0) is 4.74 Å². The third-order valence-electron chi connectivity index (χ3n) is 3.76. The number of hydrogen-bond donors (Lipinski definition) is 3. The zero-order valence-electron chi connectivity index (χ0n) is 16.9. The van der Waals surface area contributed by atoms with Crippen molar-refractivity contribution in [3.63, 3.8) is 0 Å². The number of esters is 1. The van der Waals surface area contributed by atoms with Crippen molar-refractivity contribution in [2.45, 2.75) is 13.8 Å². The van der Waals surface area contributed by atoms with Gasteiger partial charge in [0, 0.05) is 11.1 Å². The Bertz CT molecular complexity index is 928. The lowest BCUT2D eigenvalue weighted by molar-refractivity contribution is 0.0600. The van der Waals surface area contributed by atoms with Gasteiger partial charge >= 0.3 is 5.97 Å². The Morgan fingerprint density at radius 2 is 1.60 bits per heavy atom. The van der Waals surface area contributed by atoms with Gasteiger partial charge in [-0.2, -0.15) is 0 Å². The number of carbonyl (C=O) groups is 3. The first kappa shape index (κ1) is 22.8. The molecule has 0 aliphatic heterocycles. The molecule has 0 fully saturated rings. The van der Waals surface area contributed by atoms with Crippen molar-refractivity contribution in [1.29, 1.82) is 0 Å². The number of benzene rings is 2. The van der Waals surface area contributed by atoms with Crippen LogP contribution in [0.15, 0.2) is 48.5 Å². The van der Waals surface area contributed by atoms with Gasteiger partial charge in [0.05, 0.1) is 19.3 Å². The number of hydrazine groups is 1. The van der Waals surface area contributed by atoms with Crippen LogP contribution in [0.5, 0.6) is 5.75 Å². The number of carbonyl (C=O) groups excluding carboxylic acids is 3. The predicted octanol–water partition coefficient (Wildman–Crippen LogP) is 2.46. The van der Waals surface area contributed by atoms with Gasteiger partial charge in [0.2, 0.25) is 0 Å². The third kappa shape index (κ3) is 6.85.